The Labute approximate surface area is 118 Å². The zero-order valence-corrected chi connectivity index (χ0v) is 11.4. The first-order valence-corrected chi connectivity index (χ1v) is 6.57. The predicted octanol–water partition coefficient (Wildman–Crippen LogP) is 3.68. The largest absolute Gasteiger partial charge is 0.374 e. The molecule has 0 saturated heterocycles. The van der Waals surface area contributed by atoms with Crippen LogP contribution in [0.5, 0.6) is 0 Å². The highest BCUT2D eigenvalue weighted by Crippen LogP contribution is 2.37. The molecule has 0 fully saturated rings. The van der Waals surface area contributed by atoms with Gasteiger partial charge in [-0.25, -0.2) is 4.39 Å². The molecule has 0 radical (unpaired) electrons. The Balaban J connectivity index is 2.17. The summed E-state index contributed by atoms with van der Waals surface area (Å²) in [6.07, 6.45) is 0. The van der Waals surface area contributed by atoms with E-state index in [4.69, 9.17) is 0 Å². The third-order valence-electron chi connectivity index (χ3n) is 2.97. The summed E-state index contributed by atoms with van der Waals surface area (Å²) >= 11 is 3.38. The summed E-state index contributed by atoms with van der Waals surface area (Å²) in [5, 5.41) is 3.03. The van der Waals surface area contributed by atoms with Gasteiger partial charge in [0, 0.05) is 4.47 Å². The average Bonchev–Trinajstić information content (AvgIpc) is 2.40. The highest BCUT2D eigenvalue weighted by Gasteiger charge is 2.27. The lowest BCUT2D eigenvalue weighted by molar-refractivity contribution is -0.116. The number of halogens is 2. The molecule has 1 heterocycles. The molecule has 96 valence electrons. The molecule has 3 nitrogen and oxygen atoms in total. The van der Waals surface area contributed by atoms with Crippen LogP contribution in [-0.2, 0) is 4.79 Å². The maximum Gasteiger partial charge on any atom is 0.250 e. The predicted molar refractivity (Wildman–Crippen MR) is 76.2 cm³/mol. The lowest BCUT2D eigenvalue weighted by Gasteiger charge is -2.30. The quantitative estimate of drug-likeness (QED) is 0.869. The molecule has 5 heteroatoms. The van der Waals surface area contributed by atoms with Gasteiger partial charge >= 0.3 is 0 Å². The van der Waals surface area contributed by atoms with Crippen LogP contribution in [-0.4, -0.2) is 12.5 Å². The summed E-state index contributed by atoms with van der Waals surface area (Å²) in [4.78, 5) is 13.5. The Morgan fingerprint density at radius 1 is 1.16 bits per heavy atom. The topological polar surface area (TPSA) is 32.3 Å². The highest BCUT2D eigenvalue weighted by atomic mass is 79.9. The zero-order valence-electron chi connectivity index (χ0n) is 9.86. The molecule has 0 unspecified atom stereocenters. The molecule has 1 aliphatic heterocycles. The number of nitrogens with zero attached hydrogens (tertiary/aromatic N) is 1. The molecule has 2 aromatic carbocycles. The van der Waals surface area contributed by atoms with Crippen LogP contribution in [0.2, 0.25) is 0 Å². The Kier molecular flexibility index (Phi) is 2.98. The molecule has 2 aromatic rings. The van der Waals surface area contributed by atoms with Crippen LogP contribution in [0.4, 0.5) is 21.5 Å². The number of fused-ring (bicyclic) bond motifs is 1. The Bertz CT molecular complexity index is 660. The minimum Gasteiger partial charge on any atom is -0.374 e. The van der Waals surface area contributed by atoms with Crippen molar-refractivity contribution < 1.29 is 9.18 Å². The van der Waals surface area contributed by atoms with Crippen molar-refractivity contribution in [3.8, 4) is 0 Å². The Hall–Kier alpha value is -1.88. The van der Waals surface area contributed by atoms with Gasteiger partial charge in [-0.2, -0.15) is 0 Å². The summed E-state index contributed by atoms with van der Waals surface area (Å²) in [6.45, 7) is 0.151. The van der Waals surface area contributed by atoms with E-state index in [2.05, 4.69) is 21.2 Å². The third-order valence-corrected chi connectivity index (χ3v) is 3.47. The second kappa shape index (κ2) is 4.66. The molecule has 0 atom stereocenters. The molecule has 1 amide bonds. The van der Waals surface area contributed by atoms with Crippen LogP contribution in [0.1, 0.15) is 0 Å². The van der Waals surface area contributed by atoms with Gasteiger partial charge in [-0.15, -0.1) is 0 Å². The van der Waals surface area contributed by atoms with E-state index in [9.17, 15) is 9.18 Å². The highest BCUT2D eigenvalue weighted by molar-refractivity contribution is 9.10. The number of anilines is 3. The first kappa shape index (κ1) is 12.2. The summed E-state index contributed by atoms with van der Waals surface area (Å²) < 4.78 is 14.8. The van der Waals surface area contributed by atoms with Crippen molar-refractivity contribution in [1.29, 1.82) is 0 Å². The van der Waals surface area contributed by atoms with E-state index in [1.165, 1.54) is 11.0 Å². The van der Waals surface area contributed by atoms with E-state index in [0.717, 1.165) is 10.2 Å². The molecule has 0 saturated carbocycles. The fourth-order valence-electron chi connectivity index (χ4n) is 2.13. The SMILES string of the molecule is O=C1CNc2cc(Br)ccc2N1c1ccccc1F. The number of carbonyl (C=O) groups excluding carboxylic acids is 1. The van der Waals surface area contributed by atoms with Gasteiger partial charge in [-0.3, -0.25) is 9.69 Å². The molecule has 3 rings (SSSR count). The van der Waals surface area contributed by atoms with E-state index in [1.54, 1.807) is 24.3 Å². The van der Waals surface area contributed by atoms with Crippen molar-refractivity contribution in [2.24, 2.45) is 0 Å². The number of rotatable bonds is 1. The normalized spacial score (nSPS) is 14.0. The third kappa shape index (κ3) is 2.10. The van der Waals surface area contributed by atoms with Gasteiger partial charge in [-0.05, 0) is 30.3 Å². The summed E-state index contributed by atoms with van der Waals surface area (Å²) in [5.41, 5.74) is 1.74. The lowest BCUT2D eigenvalue weighted by Crippen LogP contribution is -2.36. The second-order valence-electron chi connectivity index (χ2n) is 4.20. The summed E-state index contributed by atoms with van der Waals surface area (Å²) in [5.74, 6) is -0.591. The first-order chi connectivity index (χ1) is 9.16. The number of carbonyl (C=O) groups is 1. The molecule has 1 aliphatic rings. The zero-order chi connectivity index (χ0) is 13.4. The van der Waals surface area contributed by atoms with Crippen molar-refractivity contribution in [1.82, 2.24) is 0 Å². The van der Waals surface area contributed by atoms with E-state index in [-0.39, 0.29) is 18.1 Å². The molecular weight excluding hydrogens is 311 g/mol. The molecule has 0 aliphatic carbocycles. The van der Waals surface area contributed by atoms with Crippen molar-refractivity contribution in [2.75, 3.05) is 16.8 Å². The second-order valence-corrected chi connectivity index (χ2v) is 5.11. The Morgan fingerprint density at radius 2 is 1.95 bits per heavy atom. The van der Waals surface area contributed by atoms with Crippen LogP contribution in [0.3, 0.4) is 0 Å². The number of benzene rings is 2. The summed E-state index contributed by atoms with van der Waals surface area (Å²) in [6, 6.07) is 11.8. The van der Waals surface area contributed by atoms with Gasteiger partial charge in [0.05, 0.1) is 23.6 Å². The fourth-order valence-corrected chi connectivity index (χ4v) is 2.49. The number of nitrogens with one attached hydrogen (secondary N) is 1. The molecular formula is C14H10BrFN2O. The van der Waals surface area contributed by atoms with Crippen LogP contribution in [0, 0.1) is 5.82 Å². The van der Waals surface area contributed by atoms with Gasteiger partial charge in [-0.1, -0.05) is 28.1 Å². The monoisotopic (exact) mass is 320 g/mol. The minimum absolute atomic E-state index is 0.151. The van der Waals surface area contributed by atoms with Crippen molar-refractivity contribution in [2.45, 2.75) is 0 Å². The average molecular weight is 321 g/mol. The molecule has 0 aromatic heterocycles. The van der Waals surface area contributed by atoms with E-state index < -0.39 is 5.82 Å². The van der Waals surface area contributed by atoms with Gasteiger partial charge in [0.25, 0.3) is 5.91 Å². The Morgan fingerprint density at radius 3 is 2.74 bits per heavy atom. The smallest absolute Gasteiger partial charge is 0.250 e. The van der Waals surface area contributed by atoms with Crippen LogP contribution in [0.15, 0.2) is 46.9 Å². The first-order valence-electron chi connectivity index (χ1n) is 5.78. The van der Waals surface area contributed by atoms with Crippen LogP contribution in [0.25, 0.3) is 0 Å². The van der Waals surface area contributed by atoms with Crippen molar-refractivity contribution in [3.63, 3.8) is 0 Å². The van der Waals surface area contributed by atoms with E-state index >= 15 is 0 Å². The summed E-state index contributed by atoms with van der Waals surface area (Å²) in [7, 11) is 0. The van der Waals surface area contributed by atoms with Gasteiger partial charge in [0.1, 0.15) is 5.82 Å². The van der Waals surface area contributed by atoms with Crippen molar-refractivity contribution in [3.05, 3.63) is 52.8 Å². The van der Waals surface area contributed by atoms with Crippen molar-refractivity contribution >= 4 is 38.9 Å². The number of hydrogen-bond donors (Lipinski definition) is 1. The number of amides is 1. The fraction of sp³-hybridized carbons (Fsp3) is 0.0714. The minimum atomic E-state index is -0.411. The standard InChI is InChI=1S/C14H10BrFN2O/c15-9-5-6-13-11(7-9)17-8-14(19)18(13)12-4-2-1-3-10(12)16/h1-7,17H,8H2. The molecule has 0 spiro atoms. The number of hydrogen-bond acceptors (Lipinski definition) is 2. The molecule has 0 bridgehead atoms. The number of para-hydroxylation sites is 1. The van der Waals surface area contributed by atoms with Gasteiger partial charge in [0.2, 0.25) is 0 Å². The maximum atomic E-state index is 13.9. The van der Waals surface area contributed by atoms with E-state index in [1.807, 2.05) is 12.1 Å². The van der Waals surface area contributed by atoms with E-state index in [0.29, 0.717) is 5.69 Å². The van der Waals surface area contributed by atoms with Gasteiger partial charge in [0.15, 0.2) is 0 Å². The lowest BCUT2D eigenvalue weighted by atomic mass is 10.1. The van der Waals surface area contributed by atoms with Gasteiger partial charge < -0.3 is 5.32 Å². The maximum absolute atomic E-state index is 13.9. The molecule has 1 N–H and O–H groups in total. The van der Waals surface area contributed by atoms with Crippen LogP contribution >= 0.6 is 15.9 Å². The van der Waals surface area contributed by atoms with Crippen LogP contribution < -0.4 is 10.2 Å². The molecule has 19 heavy (non-hydrogen) atoms.